The van der Waals surface area contributed by atoms with E-state index in [0.29, 0.717) is 25.0 Å². The van der Waals surface area contributed by atoms with Crippen molar-refractivity contribution in [3.63, 3.8) is 0 Å². The van der Waals surface area contributed by atoms with Gasteiger partial charge in [-0.05, 0) is 96.5 Å². The smallest absolute Gasteiger partial charge is 0.250 e. The Hall–Kier alpha value is -3.65. The molecule has 0 spiro atoms. The number of benzene rings is 2. The van der Waals surface area contributed by atoms with E-state index in [1.165, 1.54) is 16.6 Å². The van der Waals surface area contributed by atoms with E-state index < -0.39 is 5.54 Å². The molecule has 1 saturated heterocycles. The minimum atomic E-state index is -0.958. The van der Waals surface area contributed by atoms with Crippen LogP contribution in [0.1, 0.15) is 56.0 Å². The van der Waals surface area contributed by atoms with Gasteiger partial charge < -0.3 is 24.5 Å². The Labute approximate surface area is 258 Å². The molecular formula is C35H42N4O3S. The molecule has 4 aromatic rings. The lowest BCUT2D eigenvalue weighted by atomic mass is 9.87. The zero-order valence-electron chi connectivity index (χ0n) is 25.8. The molecule has 2 aliphatic rings. The fourth-order valence-corrected chi connectivity index (χ4v) is 8.32. The fourth-order valence-electron chi connectivity index (χ4n) is 7.15. The van der Waals surface area contributed by atoms with Gasteiger partial charge in [-0.25, -0.2) is 0 Å². The molecule has 2 atom stereocenters. The minimum Gasteiger partial charge on any atom is -0.467 e. The van der Waals surface area contributed by atoms with E-state index in [-0.39, 0.29) is 35.6 Å². The minimum absolute atomic E-state index is 0.0134. The van der Waals surface area contributed by atoms with E-state index >= 15 is 0 Å². The summed E-state index contributed by atoms with van der Waals surface area (Å²) in [5, 5.41) is 4.42. The number of anilines is 2. The summed E-state index contributed by atoms with van der Waals surface area (Å²) >= 11 is 1.84. The molecular weight excluding hydrogens is 556 g/mol. The maximum absolute atomic E-state index is 14.5. The quantitative estimate of drug-likeness (QED) is 0.213. The molecule has 2 amide bonds. The van der Waals surface area contributed by atoms with E-state index in [1.54, 1.807) is 6.26 Å². The van der Waals surface area contributed by atoms with Crippen LogP contribution in [-0.2, 0) is 16.1 Å². The summed E-state index contributed by atoms with van der Waals surface area (Å²) < 4.78 is 5.75. The van der Waals surface area contributed by atoms with Crippen molar-refractivity contribution in [1.29, 1.82) is 0 Å². The molecule has 1 aliphatic carbocycles. The van der Waals surface area contributed by atoms with E-state index in [0.717, 1.165) is 28.4 Å². The van der Waals surface area contributed by atoms with Crippen LogP contribution in [0.3, 0.4) is 0 Å². The molecule has 1 saturated carbocycles. The molecule has 2 aromatic heterocycles. The standard InChI is InChI=1S/C35H42N4O3S/c1-23-31(27-10-6-7-11-29(27)36-23)32-28(34(32,2)3)21-30(40)39(22-26-9-8-18-42-26)35(16-19-43-20-17-35)33(41)37-24-12-14-25(15-13-24)38(4)5/h6-15,18,28,32,36H,16-17,19-22H2,1-5H3,(H,37,41). The Balaban J connectivity index is 1.30. The van der Waals surface area contributed by atoms with Crippen molar-refractivity contribution in [3.05, 3.63) is 83.9 Å². The molecule has 6 rings (SSSR count). The zero-order chi connectivity index (χ0) is 30.4. The highest BCUT2D eigenvalue weighted by Crippen LogP contribution is 2.67. The number of nitrogens with one attached hydrogen (secondary N) is 2. The first-order valence-corrected chi connectivity index (χ1v) is 16.3. The van der Waals surface area contributed by atoms with Crippen LogP contribution in [-0.4, -0.2) is 52.8 Å². The first kappa shape index (κ1) is 29.4. The Bertz CT molecular complexity index is 1600. The van der Waals surface area contributed by atoms with Gasteiger partial charge in [0.05, 0.1) is 12.8 Å². The molecule has 226 valence electrons. The van der Waals surface area contributed by atoms with Gasteiger partial charge in [0.2, 0.25) is 11.8 Å². The number of amides is 2. The maximum atomic E-state index is 14.5. The van der Waals surface area contributed by atoms with E-state index in [9.17, 15) is 9.59 Å². The number of aromatic amines is 1. The van der Waals surface area contributed by atoms with Gasteiger partial charge in [-0.2, -0.15) is 11.8 Å². The topological polar surface area (TPSA) is 81.6 Å². The normalized spacial score (nSPS) is 20.5. The first-order chi connectivity index (χ1) is 20.6. The second-order valence-corrected chi connectivity index (χ2v) is 14.1. The van der Waals surface area contributed by atoms with Crippen LogP contribution < -0.4 is 10.2 Å². The summed E-state index contributed by atoms with van der Waals surface area (Å²) in [7, 11) is 3.98. The Morgan fingerprint density at radius 3 is 2.42 bits per heavy atom. The highest BCUT2D eigenvalue weighted by molar-refractivity contribution is 7.99. The number of carbonyl (C=O) groups is 2. The number of nitrogens with zero attached hydrogens (tertiary/aromatic N) is 2. The summed E-state index contributed by atoms with van der Waals surface area (Å²) in [5.74, 6) is 2.66. The highest BCUT2D eigenvalue weighted by Gasteiger charge is 2.60. The second-order valence-electron chi connectivity index (χ2n) is 12.9. The summed E-state index contributed by atoms with van der Waals surface area (Å²) in [5.41, 5.74) is 4.42. The van der Waals surface area contributed by atoms with Gasteiger partial charge >= 0.3 is 0 Å². The van der Waals surface area contributed by atoms with Crippen molar-refractivity contribution in [2.24, 2.45) is 11.3 Å². The molecule has 0 radical (unpaired) electrons. The Morgan fingerprint density at radius 1 is 1.02 bits per heavy atom. The van der Waals surface area contributed by atoms with Crippen molar-refractivity contribution in [3.8, 4) is 0 Å². The fraction of sp³-hybridized carbons (Fsp3) is 0.429. The lowest BCUT2D eigenvalue weighted by Crippen LogP contribution is -2.60. The molecule has 0 bridgehead atoms. The molecule has 7 nitrogen and oxygen atoms in total. The summed E-state index contributed by atoms with van der Waals surface area (Å²) in [6, 6.07) is 20.0. The number of thioether (sulfide) groups is 1. The molecule has 2 N–H and O–H groups in total. The molecule has 8 heteroatoms. The van der Waals surface area contributed by atoms with Gasteiger partial charge in [0.15, 0.2) is 0 Å². The number of rotatable bonds is 9. The predicted molar refractivity (Wildman–Crippen MR) is 176 cm³/mol. The van der Waals surface area contributed by atoms with Gasteiger partial charge in [0.25, 0.3) is 0 Å². The van der Waals surface area contributed by atoms with Gasteiger partial charge in [-0.3, -0.25) is 9.59 Å². The number of aryl methyl sites for hydroxylation is 1. The number of carbonyl (C=O) groups excluding carboxylic acids is 2. The average Bonchev–Trinajstić information content (AvgIpc) is 3.36. The van der Waals surface area contributed by atoms with Crippen LogP contribution in [0.15, 0.2) is 71.3 Å². The lowest BCUT2D eigenvalue weighted by Gasteiger charge is -2.44. The van der Waals surface area contributed by atoms with Crippen LogP contribution in [0.5, 0.6) is 0 Å². The zero-order valence-corrected chi connectivity index (χ0v) is 26.6. The molecule has 2 aromatic carbocycles. The number of furan rings is 1. The number of para-hydroxylation sites is 1. The largest absolute Gasteiger partial charge is 0.467 e. The van der Waals surface area contributed by atoms with Crippen molar-refractivity contribution in [2.45, 2.75) is 58.0 Å². The number of hydrogen-bond donors (Lipinski definition) is 2. The van der Waals surface area contributed by atoms with Gasteiger partial charge in [-0.15, -0.1) is 0 Å². The molecule has 3 heterocycles. The van der Waals surface area contributed by atoms with Crippen molar-refractivity contribution in [2.75, 3.05) is 35.8 Å². The second kappa shape index (κ2) is 11.5. The monoisotopic (exact) mass is 598 g/mol. The maximum Gasteiger partial charge on any atom is 0.250 e. The third-order valence-electron chi connectivity index (χ3n) is 9.80. The summed E-state index contributed by atoms with van der Waals surface area (Å²) in [6.07, 6.45) is 3.22. The van der Waals surface area contributed by atoms with Crippen LogP contribution in [0, 0.1) is 18.3 Å². The van der Waals surface area contributed by atoms with Crippen LogP contribution in [0.4, 0.5) is 11.4 Å². The Kier molecular flexibility index (Phi) is 7.84. The SMILES string of the molecule is Cc1[nH]c2ccccc2c1C1C(CC(=O)N(Cc2ccco2)C2(C(=O)Nc3ccc(N(C)C)cc3)CCSCC2)C1(C)C. The van der Waals surface area contributed by atoms with Crippen LogP contribution in [0.25, 0.3) is 10.9 Å². The van der Waals surface area contributed by atoms with Crippen LogP contribution >= 0.6 is 11.8 Å². The first-order valence-electron chi connectivity index (χ1n) is 15.2. The van der Waals surface area contributed by atoms with Crippen molar-refractivity contribution < 1.29 is 14.0 Å². The van der Waals surface area contributed by atoms with Gasteiger partial charge in [-0.1, -0.05) is 32.0 Å². The highest BCUT2D eigenvalue weighted by atomic mass is 32.2. The van der Waals surface area contributed by atoms with Crippen LogP contribution in [0.2, 0.25) is 0 Å². The molecule has 1 aliphatic heterocycles. The number of fused-ring (bicyclic) bond motifs is 1. The Morgan fingerprint density at radius 2 is 1.74 bits per heavy atom. The molecule has 2 unspecified atom stereocenters. The third kappa shape index (κ3) is 5.46. The molecule has 2 fully saturated rings. The lowest BCUT2D eigenvalue weighted by molar-refractivity contribution is -0.148. The predicted octanol–water partition coefficient (Wildman–Crippen LogP) is 7.20. The van der Waals surface area contributed by atoms with E-state index in [2.05, 4.69) is 55.3 Å². The van der Waals surface area contributed by atoms with Gasteiger partial charge in [0, 0.05) is 48.5 Å². The number of aromatic nitrogens is 1. The summed E-state index contributed by atoms with van der Waals surface area (Å²) in [4.78, 5) is 36.3. The van der Waals surface area contributed by atoms with E-state index in [4.69, 9.17) is 4.42 Å². The van der Waals surface area contributed by atoms with Gasteiger partial charge in [0.1, 0.15) is 11.3 Å². The molecule has 43 heavy (non-hydrogen) atoms. The summed E-state index contributed by atoms with van der Waals surface area (Å²) in [6.45, 7) is 6.94. The average molecular weight is 599 g/mol. The van der Waals surface area contributed by atoms with Crippen molar-refractivity contribution in [1.82, 2.24) is 9.88 Å². The number of H-pyrrole nitrogens is 1. The number of hydrogen-bond acceptors (Lipinski definition) is 5. The third-order valence-corrected chi connectivity index (χ3v) is 10.8. The van der Waals surface area contributed by atoms with E-state index in [1.807, 2.05) is 72.1 Å². The van der Waals surface area contributed by atoms with Crippen molar-refractivity contribution >= 4 is 45.9 Å².